The van der Waals surface area contributed by atoms with Gasteiger partial charge in [-0.3, -0.25) is 0 Å². The molecule has 0 amide bonds. The van der Waals surface area contributed by atoms with Gasteiger partial charge in [-0.1, -0.05) is 11.8 Å². The van der Waals surface area contributed by atoms with E-state index in [9.17, 15) is 0 Å². The summed E-state index contributed by atoms with van der Waals surface area (Å²) in [7, 11) is 3.43. The Morgan fingerprint density at radius 2 is 2.19 bits per heavy atom. The van der Waals surface area contributed by atoms with Crippen LogP contribution in [0.15, 0.2) is 29.4 Å². The number of aryl methyl sites for hydroxylation is 1. The maximum Gasteiger partial charge on any atom is 0.209 e. The quantitative estimate of drug-likeness (QED) is 0.732. The Bertz CT molecular complexity index is 787. The van der Waals surface area contributed by atoms with Crippen molar-refractivity contribution >= 4 is 28.5 Å². The van der Waals surface area contributed by atoms with Crippen LogP contribution in [0.5, 0.6) is 5.75 Å². The van der Waals surface area contributed by atoms with Crippen LogP contribution in [0.1, 0.15) is 5.56 Å². The van der Waals surface area contributed by atoms with Crippen molar-refractivity contribution in [2.45, 2.75) is 10.9 Å². The Morgan fingerprint density at radius 1 is 1.33 bits per heavy atom. The van der Waals surface area contributed by atoms with E-state index in [1.807, 2.05) is 24.3 Å². The second-order valence-corrected chi connectivity index (χ2v) is 5.41. The molecular formula is C13H14N6OS. The molecular weight excluding hydrogens is 288 g/mol. The number of hydrogen-bond donors (Lipinski definition) is 1. The van der Waals surface area contributed by atoms with Gasteiger partial charge >= 0.3 is 0 Å². The highest BCUT2D eigenvalue weighted by Gasteiger charge is 2.08. The summed E-state index contributed by atoms with van der Waals surface area (Å²) >= 11 is 1.52. The number of rotatable bonds is 4. The number of pyridine rings is 1. The molecule has 0 spiro atoms. The van der Waals surface area contributed by atoms with E-state index in [1.54, 1.807) is 18.8 Å². The van der Waals surface area contributed by atoms with E-state index in [-0.39, 0.29) is 0 Å². The van der Waals surface area contributed by atoms with Crippen molar-refractivity contribution in [3.8, 4) is 5.75 Å². The van der Waals surface area contributed by atoms with Crippen molar-refractivity contribution in [3.63, 3.8) is 0 Å². The van der Waals surface area contributed by atoms with Gasteiger partial charge in [-0.25, -0.2) is 9.67 Å². The molecule has 0 saturated carbocycles. The van der Waals surface area contributed by atoms with Crippen LogP contribution in [0.25, 0.3) is 10.9 Å². The van der Waals surface area contributed by atoms with E-state index >= 15 is 0 Å². The maximum absolute atomic E-state index is 6.03. The zero-order chi connectivity index (χ0) is 14.8. The first-order chi connectivity index (χ1) is 10.2. The number of methoxy groups -OCH3 is 1. The van der Waals surface area contributed by atoms with Gasteiger partial charge in [0.05, 0.1) is 12.6 Å². The number of hydrogen-bond acceptors (Lipinski definition) is 7. The highest BCUT2D eigenvalue weighted by Crippen LogP contribution is 2.27. The van der Waals surface area contributed by atoms with Crippen LogP contribution in [0, 0.1) is 0 Å². The Morgan fingerprint density at radius 3 is 2.90 bits per heavy atom. The van der Waals surface area contributed by atoms with Crippen molar-refractivity contribution in [2.24, 2.45) is 7.05 Å². The predicted molar refractivity (Wildman–Crippen MR) is 81.1 cm³/mol. The number of nitrogens with two attached hydrogens (primary N) is 1. The molecule has 1 aromatic carbocycles. The van der Waals surface area contributed by atoms with Gasteiger partial charge in [0.1, 0.15) is 11.6 Å². The average molecular weight is 302 g/mol. The third-order valence-electron chi connectivity index (χ3n) is 3.08. The largest absolute Gasteiger partial charge is 0.497 e. The minimum absolute atomic E-state index is 0.512. The topological polar surface area (TPSA) is 91.7 Å². The Hall–Kier alpha value is -2.35. The molecule has 2 N–H and O–H groups in total. The van der Waals surface area contributed by atoms with Crippen molar-refractivity contribution < 1.29 is 4.74 Å². The third kappa shape index (κ3) is 2.75. The maximum atomic E-state index is 6.03. The normalized spacial score (nSPS) is 11.0. The van der Waals surface area contributed by atoms with E-state index in [0.29, 0.717) is 11.6 Å². The molecule has 2 aromatic heterocycles. The number of nitrogens with zero attached hydrogens (tertiary/aromatic N) is 5. The summed E-state index contributed by atoms with van der Waals surface area (Å²) in [5.74, 6) is 1.94. The van der Waals surface area contributed by atoms with Crippen molar-refractivity contribution in [3.05, 3.63) is 29.8 Å². The molecule has 0 aliphatic rings. The summed E-state index contributed by atoms with van der Waals surface area (Å²) in [6.45, 7) is 0. The van der Waals surface area contributed by atoms with E-state index in [4.69, 9.17) is 10.5 Å². The van der Waals surface area contributed by atoms with E-state index in [1.165, 1.54) is 11.8 Å². The summed E-state index contributed by atoms with van der Waals surface area (Å²) in [6, 6.07) is 7.78. The first kappa shape index (κ1) is 13.6. The minimum atomic E-state index is 0.512. The number of thioether (sulfide) groups is 1. The summed E-state index contributed by atoms with van der Waals surface area (Å²) in [5, 5.41) is 13.1. The summed E-state index contributed by atoms with van der Waals surface area (Å²) in [4.78, 5) is 4.43. The van der Waals surface area contributed by atoms with Crippen LogP contribution >= 0.6 is 11.8 Å². The number of tetrazole rings is 1. The van der Waals surface area contributed by atoms with Gasteiger partial charge in [-0.2, -0.15) is 0 Å². The molecule has 8 heteroatoms. The number of ether oxygens (including phenoxy) is 1. The highest BCUT2D eigenvalue weighted by molar-refractivity contribution is 7.98. The summed E-state index contributed by atoms with van der Waals surface area (Å²) in [5.41, 5.74) is 7.81. The lowest BCUT2D eigenvalue weighted by molar-refractivity contribution is 0.415. The van der Waals surface area contributed by atoms with Crippen molar-refractivity contribution in [1.82, 2.24) is 25.2 Å². The van der Waals surface area contributed by atoms with Crippen LogP contribution in [0.2, 0.25) is 0 Å². The van der Waals surface area contributed by atoms with Crippen LogP contribution in [-0.2, 0) is 12.8 Å². The Labute approximate surface area is 125 Å². The molecule has 2 heterocycles. The van der Waals surface area contributed by atoms with Gasteiger partial charge < -0.3 is 10.5 Å². The lowest BCUT2D eigenvalue weighted by atomic mass is 10.1. The highest BCUT2D eigenvalue weighted by atomic mass is 32.2. The van der Waals surface area contributed by atoms with Gasteiger partial charge in [0.2, 0.25) is 5.16 Å². The molecule has 0 saturated heterocycles. The molecule has 0 aliphatic heterocycles. The first-order valence-electron chi connectivity index (χ1n) is 6.25. The standard InChI is InChI=1S/C13H14N6OS/c1-19-13(16-17-18-19)21-7-9-5-8-3-4-10(20-2)6-11(8)15-12(9)14/h3-6H,7H2,1-2H3,(H2,14,15). The average Bonchev–Trinajstić information content (AvgIpc) is 2.90. The molecule has 3 aromatic rings. The fraction of sp³-hybridized carbons (Fsp3) is 0.231. The first-order valence-corrected chi connectivity index (χ1v) is 7.24. The van der Waals surface area contributed by atoms with Crippen LogP contribution < -0.4 is 10.5 Å². The SMILES string of the molecule is COc1ccc2cc(CSc3nnnn3C)c(N)nc2c1. The lowest BCUT2D eigenvalue weighted by Crippen LogP contribution is -1.99. The summed E-state index contributed by atoms with van der Waals surface area (Å²) < 4.78 is 6.82. The van der Waals surface area contributed by atoms with E-state index in [2.05, 4.69) is 20.5 Å². The van der Waals surface area contributed by atoms with Gasteiger partial charge in [0.25, 0.3) is 0 Å². The summed E-state index contributed by atoms with van der Waals surface area (Å²) in [6.07, 6.45) is 0. The van der Waals surface area contributed by atoms with Crippen molar-refractivity contribution in [2.75, 3.05) is 12.8 Å². The second-order valence-electron chi connectivity index (χ2n) is 4.47. The number of benzene rings is 1. The van der Waals surface area contributed by atoms with Gasteiger partial charge in [-0.15, -0.1) is 5.10 Å². The lowest BCUT2D eigenvalue weighted by Gasteiger charge is -2.07. The van der Waals surface area contributed by atoms with Gasteiger partial charge in [0.15, 0.2) is 0 Å². The molecule has 0 fully saturated rings. The second kappa shape index (κ2) is 5.57. The molecule has 0 bridgehead atoms. The van der Waals surface area contributed by atoms with Crippen LogP contribution in [0.4, 0.5) is 5.82 Å². The molecule has 0 unspecified atom stereocenters. The van der Waals surface area contributed by atoms with Crippen molar-refractivity contribution in [1.29, 1.82) is 0 Å². The van der Waals surface area contributed by atoms with Gasteiger partial charge in [-0.05, 0) is 28.6 Å². The zero-order valence-corrected chi connectivity index (χ0v) is 12.5. The number of anilines is 1. The molecule has 108 valence electrons. The molecule has 0 radical (unpaired) electrons. The van der Waals surface area contributed by atoms with Gasteiger partial charge in [0, 0.05) is 29.8 Å². The van der Waals surface area contributed by atoms with E-state index in [0.717, 1.165) is 27.4 Å². The molecule has 0 atom stereocenters. The smallest absolute Gasteiger partial charge is 0.209 e. The monoisotopic (exact) mass is 302 g/mol. The Kier molecular flexibility index (Phi) is 3.61. The number of aromatic nitrogens is 5. The zero-order valence-electron chi connectivity index (χ0n) is 11.6. The van der Waals surface area contributed by atoms with Crippen LogP contribution in [-0.4, -0.2) is 32.3 Å². The molecule has 21 heavy (non-hydrogen) atoms. The molecule has 0 aliphatic carbocycles. The number of nitrogen functional groups attached to an aromatic ring is 1. The van der Waals surface area contributed by atoms with Crippen LogP contribution in [0.3, 0.4) is 0 Å². The fourth-order valence-corrected chi connectivity index (χ4v) is 2.77. The Balaban J connectivity index is 1.88. The minimum Gasteiger partial charge on any atom is -0.497 e. The molecule has 3 rings (SSSR count). The number of fused-ring (bicyclic) bond motifs is 1. The third-order valence-corrected chi connectivity index (χ3v) is 4.13. The fourth-order valence-electron chi connectivity index (χ4n) is 1.93. The molecule has 7 nitrogen and oxygen atoms in total. The van der Waals surface area contributed by atoms with E-state index < -0.39 is 0 Å². The predicted octanol–water partition coefficient (Wildman–Crippen LogP) is 1.64.